The van der Waals surface area contributed by atoms with E-state index in [0.29, 0.717) is 17.9 Å². The number of aromatic nitrogens is 2. The molecule has 180 valence electrons. The molecule has 0 radical (unpaired) electrons. The van der Waals surface area contributed by atoms with E-state index < -0.39 is 0 Å². The molecule has 0 aliphatic carbocycles. The summed E-state index contributed by atoms with van der Waals surface area (Å²) in [6, 6.07) is 17.2. The summed E-state index contributed by atoms with van der Waals surface area (Å²) in [5.41, 5.74) is 4.42. The lowest BCUT2D eigenvalue weighted by atomic mass is 9.92. The van der Waals surface area contributed by atoms with E-state index in [2.05, 4.69) is 39.1 Å². The van der Waals surface area contributed by atoms with Crippen LogP contribution in [0.3, 0.4) is 0 Å². The Morgan fingerprint density at radius 3 is 2.29 bits per heavy atom. The zero-order valence-electron chi connectivity index (χ0n) is 21.3. The zero-order valence-corrected chi connectivity index (χ0v) is 21.3. The molecule has 1 heterocycles. The molecule has 3 aromatic rings. The molecular formula is C28H36N4O2. The number of benzene rings is 2. The molecule has 0 unspecified atom stereocenters. The van der Waals surface area contributed by atoms with E-state index in [4.69, 9.17) is 5.10 Å². The Morgan fingerprint density at radius 2 is 1.71 bits per heavy atom. The Bertz CT molecular complexity index is 1160. The van der Waals surface area contributed by atoms with Gasteiger partial charge in [0.2, 0.25) is 5.91 Å². The highest BCUT2D eigenvalue weighted by molar-refractivity contribution is 5.99. The summed E-state index contributed by atoms with van der Waals surface area (Å²) in [4.78, 5) is 27.9. The Kier molecular flexibility index (Phi) is 7.60. The lowest BCUT2D eigenvalue weighted by molar-refractivity contribution is -0.117. The molecule has 34 heavy (non-hydrogen) atoms. The largest absolute Gasteiger partial charge is 0.329 e. The normalized spacial score (nSPS) is 11.5. The molecule has 1 aromatic heterocycles. The maximum atomic E-state index is 13.2. The van der Waals surface area contributed by atoms with Crippen molar-refractivity contribution >= 4 is 17.6 Å². The van der Waals surface area contributed by atoms with E-state index in [1.54, 1.807) is 21.7 Å². The summed E-state index contributed by atoms with van der Waals surface area (Å²) in [6.07, 6.45) is 0. The SMILES string of the molecule is Cc1ccc(-n2nc(C(C)(C)C)cc2NC(=O)CN(CC(C)C)C(=O)c2ccccc2)c(C)c1. The van der Waals surface area contributed by atoms with Crippen molar-refractivity contribution in [3.05, 3.63) is 77.0 Å². The second-order valence-electron chi connectivity index (χ2n) is 10.4. The highest BCUT2D eigenvalue weighted by Gasteiger charge is 2.24. The average molecular weight is 461 g/mol. The number of nitrogens with one attached hydrogen (secondary N) is 1. The monoisotopic (exact) mass is 460 g/mol. The van der Waals surface area contributed by atoms with Crippen molar-refractivity contribution in [3.63, 3.8) is 0 Å². The van der Waals surface area contributed by atoms with Crippen LogP contribution in [0.1, 0.15) is 61.8 Å². The van der Waals surface area contributed by atoms with Gasteiger partial charge >= 0.3 is 0 Å². The minimum Gasteiger partial charge on any atom is -0.329 e. The molecule has 0 bridgehead atoms. The van der Waals surface area contributed by atoms with Crippen LogP contribution in [-0.4, -0.2) is 39.6 Å². The summed E-state index contributed by atoms with van der Waals surface area (Å²) in [7, 11) is 0. The smallest absolute Gasteiger partial charge is 0.254 e. The molecule has 2 amide bonds. The maximum Gasteiger partial charge on any atom is 0.254 e. The number of hydrogen-bond acceptors (Lipinski definition) is 3. The molecule has 1 N–H and O–H groups in total. The number of hydrogen-bond donors (Lipinski definition) is 1. The lowest BCUT2D eigenvalue weighted by Crippen LogP contribution is -2.40. The predicted molar refractivity (Wildman–Crippen MR) is 138 cm³/mol. The topological polar surface area (TPSA) is 67.2 Å². The zero-order chi connectivity index (χ0) is 25.0. The van der Waals surface area contributed by atoms with Crippen LogP contribution < -0.4 is 5.32 Å². The quantitative estimate of drug-likeness (QED) is 0.505. The van der Waals surface area contributed by atoms with E-state index in [1.165, 1.54) is 5.56 Å². The van der Waals surface area contributed by atoms with Crippen molar-refractivity contribution in [3.8, 4) is 5.69 Å². The van der Waals surface area contributed by atoms with Gasteiger partial charge in [-0.25, -0.2) is 4.68 Å². The van der Waals surface area contributed by atoms with Gasteiger partial charge in [-0.3, -0.25) is 9.59 Å². The van der Waals surface area contributed by atoms with Crippen LogP contribution in [0, 0.1) is 19.8 Å². The summed E-state index contributed by atoms with van der Waals surface area (Å²) >= 11 is 0. The third-order valence-electron chi connectivity index (χ3n) is 5.55. The van der Waals surface area contributed by atoms with Gasteiger partial charge in [0.1, 0.15) is 12.4 Å². The first-order valence-electron chi connectivity index (χ1n) is 11.8. The molecule has 0 aliphatic heterocycles. The summed E-state index contributed by atoms with van der Waals surface area (Å²) in [5, 5.41) is 7.85. The predicted octanol–water partition coefficient (Wildman–Crippen LogP) is 5.52. The van der Waals surface area contributed by atoms with E-state index in [1.807, 2.05) is 57.2 Å². The van der Waals surface area contributed by atoms with Crippen LogP contribution in [0.15, 0.2) is 54.6 Å². The second kappa shape index (κ2) is 10.2. The molecule has 6 nitrogen and oxygen atoms in total. The van der Waals surface area contributed by atoms with Crippen molar-refractivity contribution in [1.29, 1.82) is 0 Å². The Hall–Kier alpha value is -3.41. The highest BCUT2D eigenvalue weighted by Crippen LogP contribution is 2.28. The Morgan fingerprint density at radius 1 is 1.03 bits per heavy atom. The highest BCUT2D eigenvalue weighted by atomic mass is 16.2. The molecule has 6 heteroatoms. The number of amides is 2. The summed E-state index contributed by atoms with van der Waals surface area (Å²) in [6.45, 7) is 14.9. The molecule has 0 fully saturated rings. The molecule has 0 spiro atoms. The van der Waals surface area contributed by atoms with Crippen molar-refractivity contribution in [2.75, 3.05) is 18.4 Å². The number of anilines is 1. The Balaban J connectivity index is 1.90. The van der Waals surface area contributed by atoms with Gasteiger partial charge in [0, 0.05) is 23.6 Å². The molecule has 0 aliphatic rings. The third kappa shape index (κ3) is 6.13. The number of carbonyl (C=O) groups is 2. The minimum absolute atomic E-state index is 0.0329. The van der Waals surface area contributed by atoms with Gasteiger partial charge in [-0.2, -0.15) is 5.10 Å². The van der Waals surface area contributed by atoms with E-state index >= 15 is 0 Å². The molecular weight excluding hydrogens is 424 g/mol. The van der Waals surface area contributed by atoms with E-state index in [9.17, 15) is 9.59 Å². The van der Waals surface area contributed by atoms with Gasteiger partial charge in [0.25, 0.3) is 5.91 Å². The van der Waals surface area contributed by atoms with Crippen LogP contribution in [-0.2, 0) is 10.2 Å². The fraction of sp³-hybridized carbons (Fsp3) is 0.393. The first-order valence-corrected chi connectivity index (χ1v) is 11.8. The lowest BCUT2D eigenvalue weighted by Gasteiger charge is -2.24. The second-order valence-corrected chi connectivity index (χ2v) is 10.4. The summed E-state index contributed by atoms with van der Waals surface area (Å²) < 4.78 is 1.79. The van der Waals surface area contributed by atoms with Crippen molar-refractivity contribution in [2.45, 2.75) is 53.9 Å². The van der Waals surface area contributed by atoms with E-state index in [0.717, 1.165) is 16.9 Å². The first kappa shape index (κ1) is 25.2. The fourth-order valence-electron chi connectivity index (χ4n) is 3.84. The van der Waals surface area contributed by atoms with Crippen molar-refractivity contribution < 1.29 is 9.59 Å². The van der Waals surface area contributed by atoms with Gasteiger partial charge in [-0.05, 0) is 43.5 Å². The van der Waals surface area contributed by atoms with E-state index in [-0.39, 0.29) is 29.7 Å². The van der Waals surface area contributed by atoms with Gasteiger partial charge in [0.05, 0.1) is 11.4 Å². The van der Waals surface area contributed by atoms with Crippen LogP contribution in [0.25, 0.3) is 5.69 Å². The number of carbonyl (C=O) groups excluding carboxylic acids is 2. The molecule has 0 saturated heterocycles. The van der Waals surface area contributed by atoms with Gasteiger partial charge < -0.3 is 10.2 Å². The molecule has 3 rings (SSSR count). The van der Waals surface area contributed by atoms with Gasteiger partial charge in [-0.15, -0.1) is 0 Å². The van der Waals surface area contributed by atoms with Crippen LogP contribution in [0.2, 0.25) is 0 Å². The maximum absolute atomic E-state index is 13.2. The average Bonchev–Trinajstić information content (AvgIpc) is 3.17. The minimum atomic E-state index is -0.253. The van der Waals surface area contributed by atoms with Crippen LogP contribution in [0.5, 0.6) is 0 Å². The Labute approximate surface area is 203 Å². The van der Waals surface area contributed by atoms with Crippen LogP contribution in [0.4, 0.5) is 5.82 Å². The number of aryl methyl sites for hydroxylation is 2. The van der Waals surface area contributed by atoms with Crippen molar-refractivity contribution in [1.82, 2.24) is 14.7 Å². The summed E-state index contributed by atoms with van der Waals surface area (Å²) in [5.74, 6) is 0.422. The fourth-order valence-corrected chi connectivity index (χ4v) is 3.84. The standard InChI is InChI=1S/C28H36N4O2/c1-19(2)17-31(27(34)22-11-9-8-10-12-22)18-26(33)29-25-16-24(28(5,6)7)30-32(25)23-14-13-20(3)15-21(23)4/h8-16,19H,17-18H2,1-7H3,(H,29,33). The van der Waals surface area contributed by atoms with Crippen molar-refractivity contribution in [2.24, 2.45) is 5.92 Å². The molecule has 0 saturated carbocycles. The van der Waals surface area contributed by atoms with Gasteiger partial charge in [0.15, 0.2) is 0 Å². The third-order valence-corrected chi connectivity index (χ3v) is 5.55. The number of rotatable bonds is 7. The first-order chi connectivity index (χ1) is 16.0. The number of nitrogens with zero attached hydrogens (tertiary/aromatic N) is 3. The van der Waals surface area contributed by atoms with Gasteiger partial charge in [-0.1, -0.05) is 70.5 Å². The molecule has 2 aromatic carbocycles. The van der Waals surface area contributed by atoms with Crippen LogP contribution >= 0.6 is 0 Å². The molecule has 0 atom stereocenters.